The Morgan fingerprint density at radius 3 is 2.79 bits per heavy atom. The van der Waals surface area contributed by atoms with E-state index in [0.29, 0.717) is 15.8 Å². The van der Waals surface area contributed by atoms with Crippen LogP contribution in [-0.2, 0) is 0 Å². The van der Waals surface area contributed by atoms with E-state index in [9.17, 15) is 13.6 Å². The van der Waals surface area contributed by atoms with Crippen LogP contribution in [-0.4, -0.2) is 41.5 Å². The molecule has 1 aromatic carbocycles. The Hall–Kier alpha value is -1.86. The summed E-state index contributed by atoms with van der Waals surface area (Å²) in [6.07, 6.45) is 3.67. The minimum atomic E-state index is -0.934. The summed E-state index contributed by atoms with van der Waals surface area (Å²) in [6.45, 7) is 3.11. The number of benzene rings is 1. The highest BCUT2D eigenvalue weighted by Gasteiger charge is 2.35. The van der Waals surface area contributed by atoms with Gasteiger partial charge in [0.1, 0.15) is 9.88 Å². The maximum atomic E-state index is 13.9. The minimum Gasteiger partial charge on any atom is -0.347 e. The van der Waals surface area contributed by atoms with Gasteiger partial charge >= 0.3 is 0 Å². The van der Waals surface area contributed by atoms with Gasteiger partial charge < -0.3 is 10.2 Å². The average molecular weight is 349 g/mol. The Bertz CT molecular complexity index is 771. The second-order valence-electron chi connectivity index (χ2n) is 6.35. The van der Waals surface area contributed by atoms with Crippen molar-refractivity contribution in [3.05, 3.63) is 40.9 Å². The Labute approximate surface area is 142 Å². The van der Waals surface area contributed by atoms with E-state index in [-0.39, 0.29) is 17.5 Å². The standard InChI is InChI=1S/C17H17F2N3OS/c18-12-3-1-2-11(15(12)19)17-20-8-14(24-17)16(23)21-13-9-22-6-4-10(13)5-7-22/h1-3,8,10,13H,4-7,9H2,(H,21,23)/t13-/m0/s1. The van der Waals surface area contributed by atoms with Crippen molar-refractivity contribution in [2.24, 2.45) is 5.92 Å². The molecule has 4 heterocycles. The van der Waals surface area contributed by atoms with Gasteiger partial charge in [0.2, 0.25) is 0 Å². The van der Waals surface area contributed by atoms with Crippen molar-refractivity contribution >= 4 is 17.2 Å². The van der Waals surface area contributed by atoms with Gasteiger partial charge in [0.25, 0.3) is 5.91 Å². The largest absolute Gasteiger partial charge is 0.347 e. The number of piperidine rings is 3. The first kappa shape index (κ1) is 15.7. The van der Waals surface area contributed by atoms with Gasteiger partial charge in [-0.1, -0.05) is 6.07 Å². The van der Waals surface area contributed by atoms with Crippen LogP contribution in [0.2, 0.25) is 0 Å². The molecule has 0 radical (unpaired) electrons. The van der Waals surface area contributed by atoms with E-state index in [1.54, 1.807) is 0 Å². The predicted octanol–water partition coefficient (Wildman–Crippen LogP) is 2.91. The first-order valence-corrected chi connectivity index (χ1v) is 8.87. The molecule has 1 atom stereocenters. The molecule has 24 heavy (non-hydrogen) atoms. The molecule has 7 heteroatoms. The Morgan fingerprint density at radius 2 is 2.08 bits per heavy atom. The number of hydrogen-bond acceptors (Lipinski definition) is 4. The molecule has 126 valence electrons. The number of halogens is 2. The number of aromatic nitrogens is 1. The van der Waals surface area contributed by atoms with Crippen LogP contribution in [0.15, 0.2) is 24.4 Å². The normalized spacial score (nSPS) is 25.7. The number of carbonyl (C=O) groups excluding carboxylic acids is 1. The van der Waals surface area contributed by atoms with Crippen molar-refractivity contribution in [1.29, 1.82) is 0 Å². The molecule has 2 aromatic rings. The van der Waals surface area contributed by atoms with Gasteiger partial charge in [-0.2, -0.15) is 0 Å². The summed E-state index contributed by atoms with van der Waals surface area (Å²) < 4.78 is 27.2. The zero-order chi connectivity index (χ0) is 16.7. The fourth-order valence-corrected chi connectivity index (χ4v) is 4.38. The second kappa shape index (κ2) is 6.22. The van der Waals surface area contributed by atoms with Gasteiger partial charge in [0, 0.05) is 18.2 Å². The molecular weight excluding hydrogens is 332 g/mol. The summed E-state index contributed by atoms with van der Waals surface area (Å²) >= 11 is 1.08. The summed E-state index contributed by atoms with van der Waals surface area (Å²) in [5.74, 6) is -1.50. The maximum Gasteiger partial charge on any atom is 0.263 e. The van der Waals surface area contributed by atoms with Crippen LogP contribution in [0, 0.1) is 17.6 Å². The summed E-state index contributed by atoms with van der Waals surface area (Å²) in [5, 5.41) is 3.39. The lowest BCUT2D eigenvalue weighted by Gasteiger charge is -2.44. The van der Waals surface area contributed by atoms with Gasteiger partial charge in [-0.15, -0.1) is 11.3 Å². The van der Waals surface area contributed by atoms with Gasteiger partial charge in [-0.25, -0.2) is 13.8 Å². The number of rotatable bonds is 3. The van der Waals surface area contributed by atoms with Crippen LogP contribution < -0.4 is 5.32 Å². The highest BCUT2D eigenvalue weighted by atomic mass is 32.1. The lowest BCUT2D eigenvalue weighted by molar-refractivity contribution is 0.0622. The molecule has 1 N–H and O–H groups in total. The lowest BCUT2D eigenvalue weighted by Crippen LogP contribution is -2.57. The summed E-state index contributed by atoms with van der Waals surface area (Å²) in [6, 6.07) is 4.12. The van der Waals surface area contributed by atoms with Gasteiger partial charge in [0.05, 0.1) is 6.20 Å². The van der Waals surface area contributed by atoms with Crippen molar-refractivity contribution in [2.75, 3.05) is 19.6 Å². The molecule has 3 aliphatic heterocycles. The van der Waals surface area contributed by atoms with Gasteiger partial charge in [0.15, 0.2) is 11.6 Å². The van der Waals surface area contributed by atoms with Crippen LogP contribution in [0.25, 0.3) is 10.6 Å². The van der Waals surface area contributed by atoms with Crippen molar-refractivity contribution in [1.82, 2.24) is 15.2 Å². The summed E-state index contributed by atoms with van der Waals surface area (Å²) in [7, 11) is 0. The Kier molecular flexibility index (Phi) is 4.05. The first-order valence-electron chi connectivity index (χ1n) is 8.05. The van der Waals surface area contributed by atoms with Crippen molar-refractivity contribution in [3.8, 4) is 10.6 Å². The predicted molar refractivity (Wildman–Crippen MR) is 87.9 cm³/mol. The molecule has 3 aliphatic rings. The minimum absolute atomic E-state index is 0.0851. The maximum absolute atomic E-state index is 13.9. The van der Waals surface area contributed by atoms with E-state index in [2.05, 4.69) is 15.2 Å². The number of nitrogens with one attached hydrogen (secondary N) is 1. The molecular formula is C17H17F2N3OS. The fourth-order valence-electron chi connectivity index (χ4n) is 3.54. The molecule has 3 fully saturated rings. The van der Waals surface area contributed by atoms with E-state index in [1.165, 1.54) is 18.3 Å². The van der Waals surface area contributed by atoms with Crippen molar-refractivity contribution in [2.45, 2.75) is 18.9 Å². The Morgan fingerprint density at radius 1 is 1.29 bits per heavy atom. The van der Waals surface area contributed by atoms with Crippen LogP contribution in [0.1, 0.15) is 22.5 Å². The topological polar surface area (TPSA) is 45.2 Å². The van der Waals surface area contributed by atoms with Crippen molar-refractivity contribution in [3.63, 3.8) is 0 Å². The Balaban J connectivity index is 1.50. The number of thiazole rings is 1. The monoisotopic (exact) mass is 349 g/mol. The van der Waals surface area contributed by atoms with Gasteiger partial charge in [-0.3, -0.25) is 4.79 Å². The molecule has 0 saturated carbocycles. The number of hydrogen-bond donors (Lipinski definition) is 1. The van der Waals surface area contributed by atoms with E-state index >= 15 is 0 Å². The molecule has 5 rings (SSSR count). The highest BCUT2D eigenvalue weighted by molar-refractivity contribution is 7.16. The molecule has 0 unspecified atom stereocenters. The third-order valence-electron chi connectivity index (χ3n) is 4.88. The number of carbonyl (C=O) groups is 1. The fraction of sp³-hybridized carbons (Fsp3) is 0.412. The SMILES string of the molecule is O=C(N[C@H]1CN2CCC1CC2)c1cnc(-c2cccc(F)c2F)s1. The third-order valence-corrected chi connectivity index (χ3v) is 5.91. The average Bonchev–Trinajstić information content (AvgIpc) is 3.08. The highest BCUT2D eigenvalue weighted by Crippen LogP contribution is 2.30. The zero-order valence-electron chi connectivity index (χ0n) is 13.0. The number of fused-ring (bicyclic) bond motifs is 3. The first-order chi connectivity index (χ1) is 11.6. The van der Waals surface area contributed by atoms with Crippen LogP contribution in [0.5, 0.6) is 0 Å². The quantitative estimate of drug-likeness (QED) is 0.927. The van der Waals surface area contributed by atoms with Gasteiger partial charge in [-0.05, 0) is 44.0 Å². The van der Waals surface area contributed by atoms with E-state index < -0.39 is 11.6 Å². The molecule has 4 nitrogen and oxygen atoms in total. The van der Waals surface area contributed by atoms with Crippen LogP contribution in [0.4, 0.5) is 8.78 Å². The number of amides is 1. The summed E-state index contributed by atoms with van der Waals surface area (Å²) in [5.41, 5.74) is 0.0851. The smallest absolute Gasteiger partial charge is 0.263 e. The molecule has 1 amide bonds. The third kappa shape index (κ3) is 2.82. The second-order valence-corrected chi connectivity index (χ2v) is 7.38. The number of nitrogens with zero attached hydrogens (tertiary/aromatic N) is 2. The van der Waals surface area contributed by atoms with E-state index in [1.807, 2.05) is 0 Å². The zero-order valence-corrected chi connectivity index (χ0v) is 13.8. The van der Waals surface area contributed by atoms with Crippen LogP contribution >= 0.6 is 11.3 Å². The molecule has 3 saturated heterocycles. The van der Waals surface area contributed by atoms with E-state index in [0.717, 1.165) is 49.9 Å². The summed E-state index contributed by atoms with van der Waals surface area (Å²) in [4.78, 5) is 19.3. The van der Waals surface area contributed by atoms with Crippen molar-refractivity contribution < 1.29 is 13.6 Å². The van der Waals surface area contributed by atoms with E-state index in [4.69, 9.17) is 0 Å². The molecule has 0 aliphatic carbocycles. The van der Waals surface area contributed by atoms with Crippen LogP contribution in [0.3, 0.4) is 0 Å². The molecule has 0 spiro atoms. The molecule has 1 aromatic heterocycles. The lowest BCUT2D eigenvalue weighted by atomic mass is 9.84. The molecule has 2 bridgehead atoms.